The number of rotatable bonds is 13. The number of carbonyl (C=O) groups is 1. The molecule has 5 aromatic carbocycles. The Hall–Kier alpha value is -4.63. The molecule has 5 aromatic rings. The smallest absolute Gasteiger partial charge is 0.294 e. The summed E-state index contributed by atoms with van der Waals surface area (Å²) in [6.45, 7) is 6.81. The van der Waals surface area contributed by atoms with Crippen LogP contribution in [-0.2, 0) is 36.1 Å². The van der Waals surface area contributed by atoms with Crippen LogP contribution in [0, 0.1) is 19.7 Å². The van der Waals surface area contributed by atoms with Gasteiger partial charge in [-0.1, -0.05) is 96.6 Å². The van der Waals surface area contributed by atoms with Gasteiger partial charge in [0.1, 0.15) is 18.2 Å². The van der Waals surface area contributed by atoms with E-state index in [0.29, 0.717) is 18.7 Å². The highest BCUT2D eigenvalue weighted by molar-refractivity contribution is 7.85. The van der Waals surface area contributed by atoms with Gasteiger partial charge in [-0.3, -0.25) is 9.35 Å². The minimum absolute atomic E-state index is 0.0417. The minimum Gasteiger partial charge on any atom is -0.489 e. The third-order valence-corrected chi connectivity index (χ3v) is 8.74. The first kappa shape index (κ1) is 36.2. The van der Waals surface area contributed by atoms with E-state index in [2.05, 4.69) is 29.6 Å². The van der Waals surface area contributed by atoms with Crippen molar-refractivity contribution < 1.29 is 26.9 Å². The van der Waals surface area contributed by atoms with Crippen molar-refractivity contribution >= 4 is 15.9 Å². The largest absolute Gasteiger partial charge is 0.489 e. The van der Waals surface area contributed by atoms with Crippen molar-refractivity contribution in [2.75, 3.05) is 0 Å². The molecule has 1 unspecified atom stereocenters. The van der Waals surface area contributed by atoms with E-state index in [0.717, 1.165) is 52.8 Å². The summed E-state index contributed by atoms with van der Waals surface area (Å²) in [4.78, 5) is 13.1. The molecular weight excluding hydrogens is 626 g/mol. The van der Waals surface area contributed by atoms with Crippen molar-refractivity contribution in [3.05, 3.63) is 166 Å². The second-order valence-electron chi connectivity index (χ2n) is 11.8. The number of Topliss-reactive ketones (excluding diaryl/α,β-unsaturated/α-hetero) is 1. The van der Waals surface area contributed by atoms with E-state index >= 15 is 0 Å². The molecule has 0 saturated carbocycles. The zero-order valence-electron chi connectivity index (χ0n) is 27.5. The second-order valence-corrected chi connectivity index (χ2v) is 13.2. The summed E-state index contributed by atoms with van der Waals surface area (Å²) in [5.74, 6) is 0.575. The van der Waals surface area contributed by atoms with Crippen LogP contribution in [0.1, 0.15) is 57.1 Å². The number of ether oxygens (including phenoxy) is 1. The normalized spacial score (nSPS) is 11.7. The van der Waals surface area contributed by atoms with E-state index in [1.54, 1.807) is 12.1 Å². The number of benzene rings is 5. The monoisotopic (exact) mass is 667 g/mol. The van der Waals surface area contributed by atoms with Crippen LogP contribution in [0.3, 0.4) is 0 Å². The molecule has 0 spiro atoms. The quantitative estimate of drug-likeness (QED) is 0.0967. The lowest BCUT2D eigenvalue weighted by atomic mass is 10.0. The molecule has 0 saturated heterocycles. The SMILES string of the molecule is Cc1ccc(C(=O)C(C)NCc2cccc(CCCc3ccc(F)cc3)c2)cc1OCc1ccccc1.Cc1ccc(S(=O)(=O)O)cc1. The van der Waals surface area contributed by atoms with Gasteiger partial charge in [0.2, 0.25) is 0 Å². The minimum atomic E-state index is -4.02. The van der Waals surface area contributed by atoms with Crippen LogP contribution in [0.25, 0.3) is 0 Å². The molecule has 8 heteroatoms. The van der Waals surface area contributed by atoms with Crippen LogP contribution in [0.5, 0.6) is 5.75 Å². The molecule has 0 radical (unpaired) electrons. The molecule has 0 fully saturated rings. The average molecular weight is 668 g/mol. The molecule has 0 aliphatic heterocycles. The summed E-state index contributed by atoms with van der Waals surface area (Å²) >= 11 is 0. The maximum Gasteiger partial charge on any atom is 0.294 e. The van der Waals surface area contributed by atoms with Crippen LogP contribution in [-0.4, -0.2) is 24.8 Å². The summed E-state index contributed by atoms with van der Waals surface area (Å²) in [5, 5.41) is 3.38. The van der Waals surface area contributed by atoms with Crippen molar-refractivity contribution in [1.29, 1.82) is 0 Å². The number of carbonyl (C=O) groups excluding carboxylic acids is 1. The Labute approximate surface area is 283 Å². The number of aryl methyl sites for hydroxylation is 4. The Balaban J connectivity index is 0.000000401. The molecule has 0 bridgehead atoms. The Kier molecular flexibility index (Phi) is 13.2. The van der Waals surface area contributed by atoms with Crippen LogP contribution >= 0.6 is 0 Å². The molecule has 2 N–H and O–H groups in total. The molecule has 48 heavy (non-hydrogen) atoms. The van der Waals surface area contributed by atoms with Gasteiger partial charge >= 0.3 is 0 Å². The van der Waals surface area contributed by atoms with Gasteiger partial charge in [0.25, 0.3) is 10.1 Å². The zero-order chi connectivity index (χ0) is 34.5. The maximum atomic E-state index is 13.1. The van der Waals surface area contributed by atoms with E-state index in [4.69, 9.17) is 9.29 Å². The summed E-state index contributed by atoms with van der Waals surface area (Å²) in [5.41, 5.74) is 7.25. The van der Waals surface area contributed by atoms with E-state index in [-0.39, 0.29) is 22.5 Å². The van der Waals surface area contributed by atoms with E-state index in [1.807, 2.05) is 81.4 Å². The van der Waals surface area contributed by atoms with Crippen molar-refractivity contribution in [2.24, 2.45) is 0 Å². The van der Waals surface area contributed by atoms with Crippen LogP contribution in [0.15, 0.2) is 126 Å². The van der Waals surface area contributed by atoms with E-state index in [1.165, 1.54) is 29.8 Å². The Morgan fingerprint density at radius 1 is 0.771 bits per heavy atom. The lowest BCUT2D eigenvalue weighted by molar-refractivity contribution is 0.0949. The van der Waals surface area contributed by atoms with Gasteiger partial charge in [-0.25, -0.2) is 4.39 Å². The van der Waals surface area contributed by atoms with Crippen molar-refractivity contribution in [2.45, 2.75) is 64.1 Å². The number of halogens is 1. The number of hydrogen-bond donors (Lipinski definition) is 2. The third kappa shape index (κ3) is 11.6. The van der Waals surface area contributed by atoms with Gasteiger partial charge in [-0.2, -0.15) is 8.42 Å². The van der Waals surface area contributed by atoms with E-state index in [9.17, 15) is 17.6 Å². The fraction of sp³-hybridized carbons (Fsp3) is 0.225. The Morgan fingerprint density at radius 3 is 2.10 bits per heavy atom. The standard InChI is InChI=1S/C33H34FNO2.C7H8O3S/c1-24-14-17-30(21-32(24)37-23-28-8-4-3-5-9-28)33(36)25(2)35-22-29-13-7-12-27(20-29)11-6-10-26-15-18-31(34)19-16-26;1-6-2-4-7(5-3-6)11(8,9)10/h3-5,7-9,12-21,25,35H,6,10-11,22-23H2,1-2H3;2-5H,1H3,(H,8,9,10). The molecule has 6 nitrogen and oxygen atoms in total. The first-order valence-electron chi connectivity index (χ1n) is 15.9. The first-order chi connectivity index (χ1) is 23.0. The van der Waals surface area contributed by atoms with Gasteiger partial charge in [0.05, 0.1) is 10.9 Å². The highest BCUT2D eigenvalue weighted by Crippen LogP contribution is 2.22. The van der Waals surface area contributed by atoms with Crippen molar-refractivity contribution in [3.8, 4) is 5.75 Å². The third-order valence-electron chi connectivity index (χ3n) is 7.87. The molecule has 0 aliphatic carbocycles. The van der Waals surface area contributed by atoms with Crippen LogP contribution < -0.4 is 10.1 Å². The summed E-state index contributed by atoms with van der Waals surface area (Å²) < 4.78 is 48.6. The van der Waals surface area contributed by atoms with Crippen LogP contribution in [0.2, 0.25) is 0 Å². The Morgan fingerprint density at radius 2 is 1.42 bits per heavy atom. The second kappa shape index (κ2) is 17.5. The lowest BCUT2D eigenvalue weighted by Crippen LogP contribution is -2.33. The maximum absolute atomic E-state index is 13.1. The van der Waals surface area contributed by atoms with Gasteiger partial charge in [-0.05, 0) is 98.2 Å². The number of hydrogen-bond acceptors (Lipinski definition) is 5. The average Bonchev–Trinajstić information content (AvgIpc) is 3.08. The lowest BCUT2D eigenvalue weighted by Gasteiger charge is -2.15. The van der Waals surface area contributed by atoms with Crippen molar-refractivity contribution in [1.82, 2.24) is 5.32 Å². The molecule has 250 valence electrons. The molecule has 0 aromatic heterocycles. The first-order valence-corrected chi connectivity index (χ1v) is 17.3. The molecule has 5 rings (SSSR count). The zero-order valence-corrected chi connectivity index (χ0v) is 28.3. The highest BCUT2D eigenvalue weighted by atomic mass is 32.2. The topological polar surface area (TPSA) is 92.7 Å². The predicted molar refractivity (Wildman–Crippen MR) is 188 cm³/mol. The Bertz CT molecular complexity index is 1880. The fourth-order valence-electron chi connectivity index (χ4n) is 5.01. The van der Waals surface area contributed by atoms with Gasteiger partial charge in [-0.15, -0.1) is 0 Å². The van der Waals surface area contributed by atoms with Crippen LogP contribution in [0.4, 0.5) is 4.39 Å². The summed E-state index contributed by atoms with van der Waals surface area (Å²) in [7, 11) is -4.02. The molecule has 0 heterocycles. The molecular formula is C40H42FNO5S. The summed E-state index contributed by atoms with van der Waals surface area (Å²) in [6, 6.07) is 36.5. The fourth-order valence-corrected chi connectivity index (χ4v) is 5.49. The van der Waals surface area contributed by atoms with E-state index < -0.39 is 10.1 Å². The van der Waals surface area contributed by atoms with Gasteiger partial charge in [0, 0.05) is 12.1 Å². The van der Waals surface area contributed by atoms with Crippen molar-refractivity contribution in [3.63, 3.8) is 0 Å². The predicted octanol–water partition coefficient (Wildman–Crippen LogP) is 8.49. The highest BCUT2D eigenvalue weighted by Gasteiger charge is 2.16. The molecule has 0 amide bonds. The molecule has 1 atom stereocenters. The summed E-state index contributed by atoms with van der Waals surface area (Å²) in [6.07, 6.45) is 2.87. The number of nitrogens with one attached hydrogen (secondary N) is 1. The van der Waals surface area contributed by atoms with Gasteiger partial charge < -0.3 is 10.1 Å². The molecule has 0 aliphatic rings. The number of ketones is 1. The van der Waals surface area contributed by atoms with Gasteiger partial charge in [0.15, 0.2) is 5.78 Å².